The molecular formula is C25H30N8O2. The van der Waals surface area contributed by atoms with E-state index in [1.165, 1.54) is 0 Å². The van der Waals surface area contributed by atoms with E-state index in [2.05, 4.69) is 39.3 Å². The number of H-pyrrole nitrogens is 1. The van der Waals surface area contributed by atoms with Crippen LogP contribution < -0.4 is 16.8 Å². The van der Waals surface area contributed by atoms with E-state index >= 15 is 0 Å². The second-order valence-corrected chi connectivity index (χ2v) is 10.0. The number of anilines is 2. The fraction of sp³-hybridized carbons (Fsp3) is 0.400. The first-order valence-electron chi connectivity index (χ1n) is 11.9. The van der Waals surface area contributed by atoms with E-state index < -0.39 is 0 Å². The summed E-state index contributed by atoms with van der Waals surface area (Å²) < 4.78 is 0. The molecule has 2 amide bonds. The van der Waals surface area contributed by atoms with Gasteiger partial charge >= 0.3 is 0 Å². The molecule has 6 N–H and O–H groups in total. The number of aromatic nitrogens is 4. The van der Waals surface area contributed by atoms with Crippen LogP contribution in [0.5, 0.6) is 0 Å². The van der Waals surface area contributed by atoms with E-state index in [1.54, 1.807) is 12.3 Å². The summed E-state index contributed by atoms with van der Waals surface area (Å²) in [6.45, 7) is 5.51. The Balaban J connectivity index is 1.35. The maximum atomic E-state index is 13.3. The van der Waals surface area contributed by atoms with Crippen molar-refractivity contribution in [2.45, 2.75) is 51.0 Å². The quantitative estimate of drug-likeness (QED) is 0.451. The number of aromatic amines is 1. The number of nitrogens with one attached hydrogen (secondary N) is 2. The van der Waals surface area contributed by atoms with Gasteiger partial charge in [0.25, 0.3) is 5.91 Å². The molecule has 0 radical (unpaired) electrons. The summed E-state index contributed by atoms with van der Waals surface area (Å²) in [5.41, 5.74) is 16.3. The van der Waals surface area contributed by atoms with Gasteiger partial charge in [-0.2, -0.15) is 5.10 Å². The van der Waals surface area contributed by atoms with E-state index in [1.807, 2.05) is 23.1 Å². The van der Waals surface area contributed by atoms with Crippen molar-refractivity contribution in [3.05, 3.63) is 52.8 Å². The number of nitrogen functional groups attached to an aromatic ring is 1. The van der Waals surface area contributed by atoms with Crippen molar-refractivity contribution < 1.29 is 9.59 Å². The minimum absolute atomic E-state index is 0.0726. The van der Waals surface area contributed by atoms with Gasteiger partial charge in [-0.05, 0) is 47.9 Å². The average Bonchev–Trinajstić information content (AvgIpc) is 3.27. The first-order valence-corrected chi connectivity index (χ1v) is 11.9. The van der Waals surface area contributed by atoms with Crippen LogP contribution in [0.15, 0.2) is 30.5 Å². The number of piperidine rings is 1. The molecule has 1 aliphatic heterocycles. The minimum Gasteiger partial charge on any atom is -0.368 e. The van der Waals surface area contributed by atoms with E-state index in [0.717, 1.165) is 29.5 Å². The predicted octanol–water partition coefficient (Wildman–Crippen LogP) is 2.03. The lowest BCUT2D eigenvalue weighted by Crippen LogP contribution is -2.43. The number of carbonyl (C=O) groups excluding carboxylic acids is 2. The second kappa shape index (κ2) is 8.77. The third kappa shape index (κ3) is 4.49. The number of fused-ring (bicyclic) bond motifs is 3. The molecular weight excluding hydrogens is 444 g/mol. The van der Waals surface area contributed by atoms with Gasteiger partial charge in [-0.3, -0.25) is 14.7 Å². The second-order valence-electron chi connectivity index (χ2n) is 10.0. The van der Waals surface area contributed by atoms with Crippen molar-refractivity contribution >= 4 is 23.5 Å². The maximum absolute atomic E-state index is 13.3. The molecule has 1 saturated heterocycles. The van der Waals surface area contributed by atoms with Gasteiger partial charge in [-0.25, -0.2) is 9.97 Å². The molecule has 3 heterocycles. The summed E-state index contributed by atoms with van der Waals surface area (Å²) in [5, 5.41) is 10.3. The Morgan fingerprint density at radius 3 is 2.80 bits per heavy atom. The van der Waals surface area contributed by atoms with Crippen LogP contribution in [0.4, 0.5) is 11.6 Å². The third-order valence-electron chi connectivity index (χ3n) is 6.84. The highest BCUT2D eigenvalue weighted by atomic mass is 16.2. The number of carbonyl (C=O) groups is 2. The number of amides is 2. The molecule has 2 aromatic heterocycles. The summed E-state index contributed by atoms with van der Waals surface area (Å²) in [5.74, 6) is -0.0771. The van der Waals surface area contributed by atoms with Gasteiger partial charge in [0.2, 0.25) is 11.9 Å². The van der Waals surface area contributed by atoms with Crippen LogP contribution in [0, 0.1) is 0 Å². The molecule has 0 bridgehead atoms. The van der Waals surface area contributed by atoms with Gasteiger partial charge in [0.05, 0.1) is 17.8 Å². The van der Waals surface area contributed by atoms with Crippen LogP contribution in [0.3, 0.4) is 0 Å². The summed E-state index contributed by atoms with van der Waals surface area (Å²) in [6, 6.07) is 7.54. The highest BCUT2D eigenvalue weighted by molar-refractivity contribution is 6.05. The Labute approximate surface area is 203 Å². The van der Waals surface area contributed by atoms with Gasteiger partial charge in [0, 0.05) is 36.6 Å². The van der Waals surface area contributed by atoms with Crippen LogP contribution in [0.2, 0.25) is 0 Å². The highest BCUT2D eigenvalue weighted by Gasteiger charge is 2.38. The Hall–Kier alpha value is -3.79. The standard InChI is InChI=1S/C25H30N8O2/c1-25(2)12-15-13-28-24(27)30-20(15)21-19(25)22(32-31-21)23(35)29-17-5-3-4-14(10-17)11-18(34)33-8-6-16(26)7-9-33/h3-5,10,13,16H,6-9,11-12,26H2,1-2H3,(H,29,35)(H,31,32)(H2,27,28,30). The van der Waals surface area contributed by atoms with Gasteiger partial charge in [-0.15, -0.1) is 0 Å². The Kier molecular flexibility index (Phi) is 5.76. The summed E-state index contributed by atoms with van der Waals surface area (Å²) in [4.78, 5) is 36.4. The normalized spacial score (nSPS) is 16.9. The molecule has 5 rings (SSSR count). The Morgan fingerprint density at radius 2 is 2.03 bits per heavy atom. The number of nitrogens with zero attached hydrogens (tertiary/aromatic N) is 4. The largest absolute Gasteiger partial charge is 0.368 e. The number of rotatable bonds is 4. The highest BCUT2D eigenvalue weighted by Crippen LogP contribution is 2.42. The molecule has 0 unspecified atom stereocenters. The number of likely N-dealkylation sites (tertiary alicyclic amines) is 1. The molecule has 0 saturated carbocycles. The van der Waals surface area contributed by atoms with Crippen molar-refractivity contribution in [3.63, 3.8) is 0 Å². The number of nitrogens with two attached hydrogens (primary N) is 2. The van der Waals surface area contributed by atoms with Gasteiger partial charge in [0.1, 0.15) is 0 Å². The molecule has 3 aromatic rings. The van der Waals surface area contributed by atoms with Crippen molar-refractivity contribution in [2.24, 2.45) is 5.73 Å². The van der Waals surface area contributed by atoms with Gasteiger partial charge < -0.3 is 21.7 Å². The fourth-order valence-electron chi connectivity index (χ4n) is 5.05. The van der Waals surface area contributed by atoms with Crippen molar-refractivity contribution in [2.75, 3.05) is 24.1 Å². The number of benzene rings is 1. The fourth-order valence-corrected chi connectivity index (χ4v) is 5.05. The molecule has 1 aliphatic carbocycles. The van der Waals surface area contributed by atoms with Crippen molar-refractivity contribution in [1.29, 1.82) is 0 Å². The lowest BCUT2D eigenvalue weighted by molar-refractivity contribution is -0.131. The lowest BCUT2D eigenvalue weighted by Gasteiger charge is -2.31. The van der Waals surface area contributed by atoms with E-state index in [0.29, 0.717) is 42.3 Å². The van der Waals surface area contributed by atoms with E-state index in [9.17, 15) is 9.59 Å². The first-order chi connectivity index (χ1) is 16.7. The summed E-state index contributed by atoms with van der Waals surface area (Å²) >= 11 is 0. The van der Waals surface area contributed by atoms with Gasteiger partial charge in [-0.1, -0.05) is 26.0 Å². The molecule has 182 valence electrons. The zero-order valence-electron chi connectivity index (χ0n) is 20.0. The topological polar surface area (TPSA) is 156 Å². The zero-order chi connectivity index (χ0) is 24.7. The SMILES string of the molecule is CC1(C)Cc2cnc(N)nc2-c2[nH]nc(C(=O)Nc3cccc(CC(=O)N4CCC(N)CC4)c3)c21. The maximum Gasteiger partial charge on any atom is 0.276 e. The van der Waals surface area contributed by atoms with Crippen LogP contribution in [-0.4, -0.2) is 56.0 Å². The van der Waals surface area contributed by atoms with Gasteiger partial charge in [0.15, 0.2) is 5.69 Å². The summed E-state index contributed by atoms with van der Waals surface area (Å²) in [6.07, 6.45) is 4.33. The van der Waals surface area contributed by atoms with Crippen LogP contribution in [0.1, 0.15) is 53.9 Å². The summed E-state index contributed by atoms with van der Waals surface area (Å²) in [7, 11) is 0. The molecule has 10 heteroatoms. The molecule has 0 atom stereocenters. The Bertz CT molecular complexity index is 1290. The molecule has 1 fully saturated rings. The molecule has 0 spiro atoms. The monoisotopic (exact) mass is 474 g/mol. The smallest absolute Gasteiger partial charge is 0.276 e. The van der Waals surface area contributed by atoms with E-state index in [4.69, 9.17) is 11.5 Å². The lowest BCUT2D eigenvalue weighted by atomic mass is 9.73. The molecule has 2 aliphatic rings. The van der Waals surface area contributed by atoms with Crippen LogP contribution in [0.25, 0.3) is 11.4 Å². The zero-order valence-corrected chi connectivity index (χ0v) is 20.0. The Morgan fingerprint density at radius 1 is 1.26 bits per heavy atom. The predicted molar refractivity (Wildman–Crippen MR) is 133 cm³/mol. The van der Waals surface area contributed by atoms with E-state index in [-0.39, 0.29) is 35.6 Å². The third-order valence-corrected chi connectivity index (χ3v) is 6.84. The van der Waals surface area contributed by atoms with Crippen LogP contribution in [-0.2, 0) is 23.1 Å². The van der Waals surface area contributed by atoms with Crippen molar-refractivity contribution in [3.8, 4) is 11.4 Å². The van der Waals surface area contributed by atoms with Crippen LogP contribution >= 0.6 is 0 Å². The molecule has 1 aromatic carbocycles. The number of hydrogen-bond acceptors (Lipinski definition) is 7. The molecule has 35 heavy (non-hydrogen) atoms. The van der Waals surface area contributed by atoms with Crippen molar-refractivity contribution in [1.82, 2.24) is 25.1 Å². The number of hydrogen-bond donors (Lipinski definition) is 4. The first kappa shape index (κ1) is 23.0. The minimum atomic E-state index is -0.354. The average molecular weight is 475 g/mol. The molecule has 10 nitrogen and oxygen atoms in total.